The summed E-state index contributed by atoms with van der Waals surface area (Å²) in [7, 11) is 0. The van der Waals surface area contributed by atoms with E-state index in [9.17, 15) is 4.79 Å². The molecule has 1 saturated carbocycles. The minimum Gasteiger partial charge on any atom is -0.350 e. The molecule has 0 bridgehead atoms. The summed E-state index contributed by atoms with van der Waals surface area (Å²) < 4.78 is 1.93. The lowest BCUT2D eigenvalue weighted by Gasteiger charge is -2.27. The Bertz CT molecular complexity index is 1030. The maximum atomic E-state index is 13.3. The van der Waals surface area contributed by atoms with Crippen LogP contribution in [0.2, 0.25) is 0 Å². The van der Waals surface area contributed by atoms with Gasteiger partial charge in [0.2, 0.25) is 0 Å². The first-order chi connectivity index (χ1) is 14.6. The molecule has 158 valence electrons. The summed E-state index contributed by atoms with van der Waals surface area (Å²) in [6.45, 7) is 7.02. The van der Waals surface area contributed by atoms with Crippen LogP contribution in [0.1, 0.15) is 78.5 Å². The summed E-state index contributed by atoms with van der Waals surface area (Å²) in [6, 6.07) is 6.73. The number of amides is 1. The predicted octanol–water partition coefficient (Wildman–Crippen LogP) is 4.52. The van der Waals surface area contributed by atoms with Gasteiger partial charge in [-0.2, -0.15) is 5.10 Å². The maximum Gasteiger partial charge on any atom is 0.252 e. The topological polar surface area (TPSA) is 63.1 Å². The molecule has 1 aliphatic carbocycles. The van der Waals surface area contributed by atoms with Crippen LogP contribution in [-0.4, -0.2) is 45.2 Å². The molecule has 7 heteroatoms. The third kappa shape index (κ3) is 3.76. The minimum absolute atomic E-state index is 0.0200. The predicted molar refractivity (Wildman–Crippen MR) is 120 cm³/mol. The molecule has 0 spiro atoms. The Morgan fingerprint density at radius 3 is 2.77 bits per heavy atom. The number of pyridine rings is 1. The molecule has 1 aliphatic heterocycles. The van der Waals surface area contributed by atoms with E-state index in [0.717, 1.165) is 42.7 Å². The van der Waals surface area contributed by atoms with Crippen molar-refractivity contribution >= 4 is 28.3 Å². The van der Waals surface area contributed by atoms with E-state index < -0.39 is 0 Å². The van der Waals surface area contributed by atoms with E-state index in [1.165, 1.54) is 17.7 Å². The number of carbonyl (C=O) groups excluding carboxylic acids is 1. The second-order valence-corrected chi connectivity index (χ2v) is 9.75. The standard InChI is InChI=1S/C23H29N5OS/c1-15(2)28-22-18(13-25-28)17(12-19(26-22)16-7-8-16)23(29)24-14-20(21-6-5-11-30-21)27-9-3-4-10-27/h5-6,11-13,15-16,20H,3-4,7-10,14H2,1-2H3,(H,24,29). The molecule has 2 fully saturated rings. The van der Waals surface area contributed by atoms with Crippen molar-refractivity contribution in [3.05, 3.63) is 45.9 Å². The summed E-state index contributed by atoms with van der Waals surface area (Å²) in [5, 5.41) is 10.7. The lowest BCUT2D eigenvalue weighted by Crippen LogP contribution is -2.36. The molecule has 6 nitrogen and oxygen atoms in total. The van der Waals surface area contributed by atoms with Crippen molar-refractivity contribution in [3.63, 3.8) is 0 Å². The Kier molecular flexibility index (Phi) is 5.33. The van der Waals surface area contributed by atoms with Gasteiger partial charge in [-0.1, -0.05) is 6.07 Å². The van der Waals surface area contributed by atoms with Gasteiger partial charge in [-0.15, -0.1) is 11.3 Å². The van der Waals surface area contributed by atoms with Gasteiger partial charge in [-0.3, -0.25) is 9.69 Å². The number of nitrogens with zero attached hydrogens (tertiary/aromatic N) is 4. The van der Waals surface area contributed by atoms with Gasteiger partial charge in [-0.05, 0) is 70.1 Å². The zero-order valence-electron chi connectivity index (χ0n) is 17.7. The summed E-state index contributed by atoms with van der Waals surface area (Å²) in [4.78, 5) is 22.0. The van der Waals surface area contributed by atoms with Gasteiger partial charge >= 0.3 is 0 Å². The van der Waals surface area contributed by atoms with Gasteiger partial charge in [-0.25, -0.2) is 9.67 Å². The smallest absolute Gasteiger partial charge is 0.252 e. The van der Waals surface area contributed by atoms with Crippen LogP contribution in [0.15, 0.2) is 29.8 Å². The van der Waals surface area contributed by atoms with E-state index in [0.29, 0.717) is 18.0 Å². The average molecular weight is 424 g/mol. The van der Waals surface area contributed by atoms with Crippen molar-refractivity contribution in [1.29, 1.82) is 0 Å². The average Bonchev–Trinajstić information content (AvgIpc) is 3.16. The fourth-order valence-corrected chi connectivity index (χ4v) is 5.28. The number of fused-ring (bicyclic) bond motifs is 1. The molecule has 1 saturated heterocycles. The number of nitrogens with one attached hydrogen (secondary N) is 1. The SMILES string of the molecule is CC(C)n1ncc2c(C(=O)NCC(c3cccs3)N3CCCC3)cc(C3CC3)nc21. The van der Waals surface area contributed by atoms with Gasteiger partial charge in [0.05, 0.1) is 23.2 Å². The largest absolute Gasteiger partial charge is 0.350 e. The highest BCUT2D eigenvalue weighted by molar-refractivity contribution is 7.10. The van der Waals surface area contributed by atoms with Crippen LogP contribution in [0.25, 0.3) is 11.0 Å². The van der Waals surface area contributed by atoms with Gasteiger partial charge in [0.25, 0.3) is 5.91 Å². The molecule has 30 heavy (non-hydrogen) atoms. The molecule has 2 aliphatic rings. The lowest BCUT2D eigenvalue weighted by molar-refractivity contribution is 0.0940. The van der Waals surface area contributed by atoms with Crippen molar-refractivity contribution < 1.29 is 4.79 Å². The van der Waals surface area contributed by atoms with E-state index in [1.54, 1.807) is 17.5 Å². The van der Waals surface area contributed by atoms with Crippen LogP contribution in [0, 0.1) is 0 Å². The number of hydrogen-bond acceptors (Lipinski definition) is 5. The monoisotopic (exact) mass is 423 g/mol. The number of thiophene rings is 1. The van der Waals surface area contributed by atoms with Crippen molar-refractivity contribution in [2.75, 3.05) is 19.6 Å². The molecule has 4 heterocycles. The first-order valence-corrected chi connectivity index (χ1v) is 11.9. The first kappa shape index (κ1) is 19.7. The molecule has 3 aromatic heterocycles. The highest BCUT2D eigenvalue weighted by Crippen LogP contribution is 2.40. The molecule has 1 atom stereocenters. The number of likely N-dealkylation sites (tertiary alicyclic amines) is 1. The molecule has 0 radical (unpaired) electrons. The Labute approximate surface area is 181 Å². The highest BCUT2D eigenvalue weighted by Gasteiger charge is 2.29. The molecular formula is C23H29N5OS. The molecule has 1 N–H and O–H groups in total. The maximum absolute atomic E-state index is 13.3. The van der Waals surface area contributed by atoms with Gasteiger partial charge in [0.15, 0.2) is 5.65 Å². The van der Waals surface area contributed by atoms with Crippen molar-refractivity contribution in [1.82, 2.24) is 25.0 Å². The molecule has 3 aromatic rings. The Morgan fingerprint density at radius 1 is 1.30 bits per heavy atom. The summed E-state index contributed by atoms with van der Waals surface area (Å²) in [5.74, 6) is 0.466. The van der Waals surface area contributed by atoms with E-state index >= 15 is 0 Å². The van der Waals surface area contributed by atoms with Gasteiger partial charge in [0, 0.05) is 29.1 Å². The van der Waals surface area contributed by atoms with Gasteiger partial charge < -0.3 is 5.32 Å². The number of aromatic nitrogens is 3. The molecule has 1 amide bonds. The van der Waals surface area contributed by atoms with E-state index in [2.05, 4.69) is 46.7 Å². The number of hydrogen-bond donors (Lipinski definition) is 1. The molecule has 5 rings (SSSR count). The minimum atomic E-state index is -0.0200. The Balaban J connectivity index is 1.42. The quantitative estimate of drug-likeness (QED) is 0.607. The van der Waals surface area contributed by atoms with Crippen LogP contribution in [-0.2, 0) is 0 Å². The second-order valence-electron chi connectivity index (χ2n) is 8.77. The van der Waals surface area contributed by atoms with E-state index in [-0.39, 0.29) is 18.0 Å². The van der Waals surface area contributed by atoms with Crippen LogP contribution >= 0.6 is 11.3 Å². The van der Waals surface area contributed by atoms with Gasteiger partial charge in [0.1, 0.15) is 0 Å². The number of rotatable bonds is 7. The molecular weight excluding hydrogens is 394 g/mol. The molecule has 1 unspecified atom stereocenters. The third-order valence-electron chi connectivity index (χ3n) is 6.22. The Morgan fingerprint density at radius 2 is 2.10 bits per heavy atom. The van der Waals surface area contributed by atoms with Crippen molar-refractivity contribution in [2.24, 2.45) is 0 Å². The number of carbonyl (C=O) groups is 1. The highest BCUT2D eigenvalue weighted by atomic mass is 32.1. The molecule has 0 aromatic carbocycles. The zero-order chi connectivity index (χ0) is 20.7. The van der Waals surface area contributed by atoms with Crippen molar-refractivity contribution in [3.8, 4) is 0 Å². The lowest BCUT2D eigenvalue weighted by atomic mass is 10.1. The van der Waals surface area contributed by atoms with Crippen LogP contribution in [0.3, 0.4) is 0 Å². The van der Waals surface area contributed by atoms with Crippen molar-refractivity contribution in [2.45, 2.75) is 57.5 Å². The third-order valence-corrected chi connectivity index (χ3v) is 7.20. The fraction of sp³-hybridized carbons (Fsp3) is 0.522. The summed E-state index contributed by atoms with van der Waals surface area (Å²) in [5.41, 5.74) is 2.57. The van der Waals surface area contributed by atoms with Crippen LogP contribution in [0.4, 0.5) is 0 Å². The summed E-state index contributed by atoms with van der Waals surface area (Å²) in [6.07, 6.45) is 6.58. The zero-order valence-corrected chi connectivity index (χ0v) is 18.5. The normalized spacial score (nSPS) is 18.4. The Hall–Kier alpha value is -2.25. The van der Waals surface area contributed by atoms with E-state index in [1.807, 2.05) is 10.7 Å². The fourth-order valence-electron chi connectivity index (χ4n) is 4.42. The van der Waals surface area contributed by atoms with E-state index in [4.69, 9.17) is 4.98 Å². The van der Waals surface area contributed by atoms with Crippen LogP contribution in [0.5, 0.6) is 0 Å². The van der Waals surface area contributed by atoms with Crippen LogP contribution < -0.4 is 5.32 Å². The summed E-state index contributed by atoms with van der Waals surface area (Å²) >= 11 is 1.77. The first-order valence-electron chi connectivity index (χ1n) is 11.1. The second kappa shape index (κ2) is 8.12.